The lowest BCUT2D eigenvalue weighted by atomic mass is 11.8. The van der Waals surface area contributed by atoms with Crippen LogP contribution in [0, 0.1) is 0 Å². The second-order valence-electron chi connectivity index (χ2n) is 9.26. The summed E-state index contributed by atoms with van der Waals surface area (Å²) in [6, 6.07) is 0. The van der Waals surface area contributed by atoms with Crippen molar-refractivity contribution in [2.45, 2.75) is 86.9 Å². The summed E-state index contributed by atoms with van der Waals surface area (Å²) in [6.07, 6.45) is 0. The highest BCUT2D eigenvalue weighted by atomic mass is 28.5. The quantitative estimate of drug-likeness (QED) is 0.176. The SMILES string of the molecule is C.C.CO[Si](C)(C)O[Si](C)(OC)O[Si](C)(C)O.C[Si](C)(C)C.C[Si](O)(O)O.C[Si](O)(O)O.O.O.O. The van der Waals surface area contributed by atoms with E-state index in [1.165, 1.54) is 7.11 Å². The maximum absolute atomic E-state index is 9.72. The predicted molar refractivity (Wildman–Crippen MR) is 155 cm³/mol. The van der Waals surface area contributed by atoms with Gasteiger partial charge >= 0.3 is 43.5 Å². The van der Waals surface area contributed by atoms with Crippen LogP contribution in [0.2, 0.25) is 72.0 Å². The van der Waals surface area contributed by atoms with Gasteiger partial charge in [-0.1, -0.05) is 41.0 Å². The molecule has 0 aromatic heterocycles. The van der Waals surface area contributed by atoms with Crippen LogP contribution in [0.15, 0.2) is 0 Å². The van der Waals surface area contributed by atoms with Gasteiger partial charge in [-0.15, -0.1) is 0 Å². The first-order valence-corrected chi connectivity index (χ1v) is 25.7. The molecule has 20 heteroatoms. The summed E-state index contributed by atoms with van der Waals surface area (Å²) in [5, 5.41) is 0. The molecular weight excluding hydrogens is 573 g/mol. The summed E-state index contributed by atoms with van der Waals surface area (Å²) in [7, 11) is -12.3. The fourth-order valence-corrected chi connectivity index (χ4v) is 9.79. The Kier molecular flexibility index (Phi) is 41.1. The van der Waals surface area contributed by atoms with E-state index in [0.29, 0.717) is 0 Å². The van der Waals surface area contributed by atoms with Gasteiger partial charge < -0.3 is 67.1 Å². The highest BCUT2D eigenvalue weighted by molar-refractivity contribution is 6.81. The largest absolute Gasteiger partial charge is 0.489 e. The second-order valence-corrected chi connectivity index (χ2v) is 29.0. The average molecular weight is 633 g/mol. The van der Waals surface area contributed by atoms with Crippen molar-refractivity contribution in [2.24, 2.45) is 0 Å². The molecule has 1 unspecified atom stereocenters. The number of rotatable bonds is 6. The second kappa shape index (κ2) is 23.8. The molecule has 0 amide bonds. The molecule has 0 spiro atoms. The molecule has 0 saturated carbocycles. The Morgan fingerprint density at radius 2 is 0.657 bits per heavy atom. The summed E-state index contributed by atoms with van der Waals surface area (Å²) in [5.74, 6) is 0. The molecule has 0 radical (unpaired) electrons. The molecule has 0 aliphatic heterocycles. The smallest absolute Gasteiger partial charge is 0.412 e. The minimum Gasteiger partial charge on any atom is -0.412 e. The van der Waals surface area contributed by atoms with E-state index in [1.54, 1.807) is 26.8 Å². The van der Waals surface area contributed by atoms with Crippen molar-refractivity contribution in [2.75, 3.05) is 14.2 Å². The van der Waals surface area contributed by atoms with E-state index in [9.17, 15) is 4.80 Å². The van der Waals surface area contributed by atoms with Crippen molar-refractivity contribution in [1.82, 2.24) is 0 Å². The van der Waals surface area contributed by atoms with Crippen LogP contribution in [0.5, 0.6) is 0 Å². The summed E-state index contributed by atoms with van der Waals surface area (Å²) in [5.41, 5.74) is 0. The molecule has 1 atom stereocenters. The Bertz CT molecular complexity index is 389. The zero-order valence-electron chi connectivity index (χ0n) is 22.3. The third-order valence-corrected chi connectivity index (χ3v) is 10.4. The van der Waals surface area contributed by atoms with Crippen LogP contribution in [-0.2, 0) is 17.1 Å². The van der Waals surface area contributed by atoms with Crippen molar-refractivity contribution in [3.63, 3.8) is 0 Å². The van der Waals surface area contributed by atoms with Crippen LogP contribution in [0.3, 0.4) is 0 Å². The van der Waals surface area contributed by atoms with Crippen LogP contribution < -0.4 is 0 Å². The molecule has 0 heterocycles. The minimum atomic E-state index is -3.61. The van der Waals surface area contributed by atoms with Crippen LogP contribution in [0.1, 0.15) is 14.9 Å². The first-order chi connectivity index (χ1) is 12.5. The standard InChI is InChI=1S/C7H22O5Si3.C4H12Si.2CH6O3Si.2CH4.3H2O/c1-9-14(5,6)12-15(7,10-2)11-13(3,4)8;3*1-5(2,3)4;;;;;/h8H,1-7H3;1-4H3;2*2-4H,1H3;2*1H4;3*1H2. The molecule has 0 rings (SSSR count). The van der Waals surface area contributed by atoms with Gasteiger partial charge in [0.15, 0.2) is 0 Å². The maximum atomic E-state index is 9.72. The van der Waals surface area contributed by atoms with Gasteiger partial charge in [-0.2, -0.15) is 0 Å². The molecule has 0 saturated heterocycles. The fourth-order valence-electron chi connectivity index (χ4n) is 1.05. The fraction of sp³-hybridized carbons (Fsp3) is 1.00. The van der Waals surface area contributed by atoms with E-state index in [2.05, 4.69) is 26.2 Å². The van der Waals surface area contributed by atoms with E-state index >= 15 is 0 Å². The highest BCUT2D eigenvalue weighted by Crippen LogP contribution is 2.20. The van der Waals surface area contributed by atoms with Gasteiger partial charge in [0.25, 0.3) is 0 Å². The number of hydrogen-bond donors (Lipinski definition) is 7. The predicted octanol–water partition coefficient (Wildman–Crippen LogP) is -0.906. The van der Waals surface area contributed by atoms with Crippen molar-refractivity contribution in [3.05, 3.63) is 0 Å². The first kappa shape index (κ1) is 60.3. The van der Waals surface area contributed by atoms with Gasteiger partial charge in [0.05, 0.1) is 0 Å². The Morgan fingerprint density at radius 3 is 0.771 bits per heavy atom. The molecule has 14 nitrogen and oxygen atoms in total. The monoisotopic (exact) mass is 632 g/mol. The van der Waals surface area contributed by atoms with Gasteiger partial charge in [-0.05, 0) is 26.2 Å². The molecule has 0 bridgehead atoms. The summed E-state index contributed by atoms with van der Waals surface area (Å²) >= 11 is 0. The third kappa shape index (κ3) is 106. The lowest BCUT2D eigenvalue weighted by Crippen LogP contribution is -2.56. The zero-order valence-corrected chi connectivity index (χ0v) is 28.3. The van der Waals surface area contributed by atoms with Crippen LogP contribution >= 0.6 is 0 Å². The van der Waals surface area contributed by atoms with Crippen LogP contribution in [0.4, 0.5) is 0 Å². The molecule has 13 N–H and O–H groups in total. The van der Waals surface area contributed by atoms with Crippen molar-refractivity contribution in [3.8, 4) is 0 Å². The van der Waals surface area contributed by atoms with E-state index in [0.717, 1.165) is 13.1 Å². The third-order valence-electron chi connectivity index (χ3n) is 1.73. The lowest BCUT2D eigenvalue weighted by molar-refractivity contribution is 0.165. The van der Waals surface area contributed by atoms with E-state index < -0.39 is 51.6 Å². The Morgan fingerprint density at radius 1 is 0.457 bits per heavy atom. The van der Waals surface area contributed by atoms with Gasteiger partial charge in [0.1, 0.15) is 0 Å². The Hall–Kier alpha value is 0.741. The first-order valence-electron chi connectivity index (χ1n) is 9.11. The van der Waals surface area contributed by atoms with E-state index in [1.807, 2.05) is 13.1 Å². The minimum absolute atomic E-state index is 0. The Labute approximate surface area is 219 Å². The molecule has 0 fully saturated rings. The molecular formula is C15H60O14Si6. The molecule has 228 valence electrons. The molecule has 0 aliphatic carbocycles. The Balaban J connectivity index is -0.0000000409. The van der Waals surface area contributed by atoms with E-state index in [4.69, 9.17) is 45.9 Å². The number of hydrogen-bond acceptors (Lipinski definition) is 11. The highest BCUT2D eigenvalue weighted by Gasteiger charge is 2.45. The van der Waals surface area contributed by atoms with Crippen LogP contribution in [0.25, 0.3) is 0 Å². The molecule has 0 aromatic rings. The molecule has 0 aliphatic rings. The average Bonchev–Trinajstić information content (AvgIpc) is 2.29. The zero-order chi connectivity index (χ0) is 25.8. The summed E-state index contributed by atoms with van der Waals surface area (Å²) in [4.78, 5) is 56.3. The van der Waals surface area contributed by atoms with Crippen molar-refractivity contribution in [1.29, 1.82) is 0 Å². The molecule has 35 heavy (non-hydrogen) atoms. The van der Waals surface area contributed by atoms with Crippen molar-refractivity contribution >= 4 is 51.6 Å². The van der Waals surface area contributed by atoms with E-state index in [-0.39, 0.29) is 31.3 Å². The lowest BCUT2D eigenvalue weighted by Gasteiger charge is -2.35. The van der Waals surface area contributed by atoms with Gasteiger partial charge in [0, 0.05) is 41.9 Å². The van der Waals surface area contributed by atoms with Gasteiger partial charge in [-0.3, -0.25) is 0 Å². The summed E-state index contributed by atoms with van der Waals surface area (Å²) < 4.78 is 21.9. The van der Waals surface area contributed by atoms with Crippen LogP contribution in [-0.4, -0.2) is 116 Å². The normalized spacial score (nSPS) is 12.7. The topological polar surface area (TPSA) is 273 Å². The summed E-state index contributed by atoms with van der Waals surface area (Å²) in [6.45, 7) is 20.2. The van der Waals surface area contributed by atoms with Gasteiger partial charge in [-0.25, -0.2) is 0 Å². The van der Waals surface area contributed by atoms with Crippen molar-refractivity contribution < 1.29 is 67.1 Å². The molecule has 0 aromatic carbocycles. The maximum Gasteiger partial charge on any atom is 0.489 e. The van der Waals surface area contributed by atoms with Gasteiger partial charge in [0.2, 0.25) is 0 Å².